The minimum Gasteiger partial charge on any atom is -0.395 e. The quantitative estimate of drug-likeness (QED) is 0.716. The maximum Gasteiger partial charge on any atom is 0.0589 e. The Morgan fingerprint density at radius 3 is 2.62 bits per heavy atom. The van der Waals surface area contributed by atoms with Crippen LogP contribution >= 0.6 is 0 Å². The Labute approximate surface area is 80.9 Å². The summed E-state index contributed by atoms with van der Waals surface area (Å²) in [6.07, 6.45) is 5.54. The zero-order valence-electron chi connectivity index (χ0n) is 8.58. The van der Waals surface area contributed by atoms with Crippen molar-refractivity contribution in [1.29, 1.82) is 0 Å². The van der Waals surface area contributed by atoms with E-state index in [0.717, 1.165) is 5.92 Å². The van der Waals surface area contributed by atoms with Gasteiger partial charge in [-0.15, -0.1) is 0 Å². The molecule has 1 aliphatic heterocycles. The molecular formula is C11H21NO. The molecule has 0 bridgehead atoms. The molecule has 0 aromatic carbocycles. The second kappa shape index (κ2) is 3.97. The average molecular weight is 183 g/mol. The monoisotopic (exact) mass is 183 g/mol. The van der Waals surface area contributed by atoms with E-state index in [1.165, 1.54) is 38.8 Å². The first-order chi connectivity index (χ1) is 6.31. The number of aliphatic hydroxyl groups excluding tert-OH is 1. The maximum atomic E-state index is 9.27. The van der Waals surface area contributed by atoms with Crippen molar-refractivity contribution < 1.29 is 5.11 Å². The summed E-state index contributed by atoms with van der Waals surface area (Å²) in [5.74, 6) is 1.64. The molecule has 0 aromatic rings. The smallest absolute Gasteiger partial charge is 0.0589 e. The van der Waals surface area contributed by atoms with E-state index in [2.05, 4.69) is 11.8 Å². The first-order valence-corrected chi connectivity index (χ1v) is 5.66. The lowest BCUT2D eigenvalue weighted by Crippen LogP contribution is -2.39. The number of likely N-dealkylation sites (tertiary alicyclic amines) is 1. The molecule has 0 radical (unpaired) electrons. The molecular weight excluding hydrogens is 162 g/mol. The van der Waals surface area contributed by atoms with Crippen molar-refractivity contribution in [2.24, 2.45) is 11.8 Å². The third-order valence-electron chi connectivity index (χ3n) is 3.90. The van der Waals surface area contributed by atoms with Crippen LogP contribution in [0.5, 0.6) is 0 Å². The molecule has 2 nitrogen and oxygen atoms in total. The van der Waals surface area contributed by atoms with Gasteiger partial charge in [-0.25, -0.2) is 0 Å². The highest BCUT2D eigenvalue weighted by molar-refractivity contribution is 4.86. The zero-order valence-corrected chi connectivity index (χ0v) is 8.58. The van der Waals surface area contributed by atoms with E-state index in [1.807, 2.05) is 0 Å². The van der Waals surface area contributed by atoms with Crippen LogP contribution in [0, 0.1) is 11.8 Å². The van der Waals surface area contributed by atoms with Gasteiger partial charge in [-0.05, 0) is 37.6 Å². The van der Waals surface area contributed by atoms with Gasteiger partial charge in [0.2, 0.25) is 0 Å². The third-order valence-corrected chi connectivity index (χ3v) is 3.90. The van der Waals surface area contributed by atoms with E-state index in [0.29, 0.717) is 18.6 Å². The van der Waals surface area contributed by atoms with E-state index in [4.69, 9.17) is 0 Å². The molecule has 2 aliphatic rings. The van der Waals surface area contributed by atoms with E-state index < -0.39 is 0 Å². The number of rotatable bonds is 3. The summed E-state index contributed by atoms with van der Waals surface area (Å²) in [6.45, 7) is 5.08. The van der Waals surface area contributed by atoms with Crippen molar-refractivity contribution in [3.63, 3.8) is 0 Å². The summed E-state index contributed by atoms with van der Waals surface area (Å²) >= 11 is 0. The summed E-state index contributed by atoms with van der Waals surface area (Å²) in [4.78, 5) is 2.51. The van der Waals surface area contributed by atoms with Crippen molar-refractivity contribution in [2.45, 2.75) is 38.6 Å². The van der Waals surface area contributed by atoms with E-state index in [-0.39, 0.29) is 0 Å². The van der Waals surface area contributed by atoms with Gasteiger partial charge < -0.3 is 5.11 Å². The van der Waals surface area contributed by atoms with Crippen LogP contribution in [0.4, 0.5) is 0 Å². The summed E-state index contributed by atoms with van der Waals surface area (Å²) in [5.41, 5.74) is 0. The van der Waals surface area contributed by atoms with Crippen molar-refractivity contribution in [3.8, 4) is 0 Å². The van der Waals surface area contributed by atoms with Crippen LogP contribution in [-0.4, -0.2) is 35.7 Å². The van der Waals surface area contributed by atoms with Gasteiger partial charge in [0.15, 0.2) is 0 Å². The van der Waals surface area contributed by atoms with Gasteiger partial charge in [0.25, 0.3) is 0 Å². The molecule has 13 heavy (non-hydrogen) atoms. The summed E-state index contributed by atoms with van der Waals surface area (Å²) in [5, 5.41) is 9.27. The Kier molecular flexibility index (Phi) is 2.89. The zero-order chi connectivity index (χ0) is 9.26. The molecule has 1 saturated heterocycles. The van der Waals surface area contributed by atoms with E-state index in [9.17, 15) is 5.11 Å². The molecule has 2 atom stereocenters. The Bertz CT molecular complexity index is 167. The molecule has 0 aromatic heterocycles. The van der Waals surface area contributed by atoms with Crippen LogP contribution < -0.4 is 0 Å². The number of aliphatic hydroxyl groups is 1. The Morgan fingerprint density at radius 1 is 1.31 bits per heavy atom. The van der Waals surface area contributed by atoms with Gasteiger partial charge in [-0.2, -0.15) is 0 Å². The second-order valence-electron chi connectivity index (χ2n) is 4.81. The fourth-order valence-electron chi connectivity index (χ4n) is 2.62. The van der Waals surface area contributed by atoms with Crippen LogP contribution in [0.25, 0.3) is 0 Å². The fourth-order valence-corrected chi connectivity index (χ4v) is 2.62. The normalized spacial score (nSPS) is 36.5. The van der Waals surface area contributed by atoms with Gasteiger partial charge in [0, 0.05) is 12.6 Å². The first-order valence-electron chi connectivity index (χ1n) is 5.66. The molecule has 2 heteroatoms. The predicted octanol–water partition coefficient (Wildman–Crippen LogP) is 1.49. The van der Waals surface area contributed by atoms with Gasteiger partial charge >= 0.3 is 0 Å². The molecule has 2 rings (SSSR count). The molecule has 76 valence electrons. The number of nitrogens with zero attached hydrogens (tertiary/aromatic N) is 1. The Hall–Kier alpha value is -0.0800. The van der Waals surface area contributed by atoms with Crippen molar-refractivity contribution in [3.05, 3.63) is 0 Å². The molecule has 1 N–H and O–H groups in total. The Balaban J connectivity index is 1.83. The van der Waals surface area contributed by atoms with E-state index in [1.54, 1.807) is 0 Å². The van der Waals surface area contributed by atoms with Crippen LogP contribution in [0.3, 0.4) is 0 Å². The van der Waals surface area contributed by atoms with Crippen molar-refractivity contribution >= 4 is 0 Å². The second-order valence-corrected chi connectivity index (χ2v) is 4.81. The van der Waals surface area contributed by atoms with Gasteiger partial charge in [-0.1, -0.05) is 13.3 Å². The standard InChI is InChI=1S/C11H21NO/c1-9-5-6-12(11(9)8-13)7-10-3-2-4-10/h9-11,13H,2-8H2,1H3. The molecule has 1 heterocycles. The van der Waals surface area contributed by atoms with Crippen LogP contribution in [0.2, 0.25) is 0 Å². The predicted molar refractivity (Wildman–Crippen MR) is 53.6 cm³/mol. The molecule has 2 unspecified atom stereocenters. The molecule has 2 fully saturated rings. The highest BCUT2D eigenvalue weighted by Gasteiger charge is 2.32. The minimum atomic E-state index is 0.355. The number of hydrogen-bond acceptors (Lipinski definition) is 2. The molecule has 1 saturated carbocycles. The molecule has 0 spiro atoms. The Morgan fingerprint density at radius 2 is 2.08 bits per heavy atom. The van der Waals surface area contributed by atoms with Crippen LogP contribution in [0.15, 0.2) is 0 Å². The number of hydrogen-bond donors (Lipinski definition) is 1. The summed E-state index contributed by atoms with van der Waals surface area (Å²) in [7, 11) is 0. The molecule has 0 amide bonds. The van der Waals surface area contributed by atoms with Crippen LogP contribution in [-0.2, 0) is 0 Å². The topological polar surface area (TPSA) is 23.5 Å². The summed E-state index contributed by atoms with van der Waals surface area (Å²) in [6, 6.07) is 0.459. The lowest BCUT2D eigenvalue weighted by molar-refractivity contribution is 0.106. The van der Waals surface area contributed by atoms with Crippen molar-refractivity contribution in [1.82, 2.24) is 4.90 Å². The van der Waals surface area contributed by atoms with E-state index >= 15 is 0 Å². The average Bonchev–Trinajstić information content (AvgIpc) is 2.39. The fraction of sp³-hybridized carbons (Fsp3) is 1.00. The van der Waals surface area contributed by atoms with Gasteiger partial charge in [0.1, 0.15) is 0 Å². The minimum absolute atomic E-state index is 0.355. The van der Waals surface area contributed by atoms with Gasteiger partial charge in [0.05, 0.1) is 6.61 Å². The molecule has 1 aliphatic carbocycles. The van der Waals surface area contributed by atoms with Gasteiger partial charge in [-0.3, -0.25) is 4.90 Å². The SMILES string of the molecule is CC1CCN(CC2CCC2)C1CO. The van der Waals surface area contributed by atoms with Crippen molar-refractivity contribution in [2.75, 3.05) is 19.7 Å². The van der Waals surface area contributed by atoms with Crippen LogP contribution in [0.1, 0.15) is 32.6 Å². The highest BCUT2D eigenvalue weighted by atomic mass is 16.3. The maximum absolute atomic E-state index is 9.27. The lowest BCUT2D eigenvalue weighted by atomic mass is 9.85. The third kappa shape index (κ3) is 1.89. The highest BCUT2D eigenvalue weighted by Crippen LogP contribution is 2.31. The largest absolute Gasteiger partial charge is 0.395 e. The summed E-state index contributed by atoms with van der Waals surface area (Å²) < 4.78 is 0. The first kappa shape index (κ1) is 9.47. The lowest BCUT2D eigenvalue weighted by Gasteiger charge is -2.33.